The number of rotatable bonds is 6. The lowest BCUT2D eigenvalue weighted by atomic mass is 10.0. The van der Waals surface area contributed by atoms with Crippen LogP contribution in [0.5, 0.6) is 0 Å². The van der Waals surface area contributed by atoms with Crippen molar-refractivity contribution in [2.24, 2.45) is 0 Å². The molecule has 0 aromatic heterocycles. The zero-order valence-corrected chi connectivity index (χ0v) is 16.6. The molecule has 0 saturated heterocycles. The largest absolute Gasteiger partial charge is 0.350 e. The molecule has 0 spiro atoms. The molecule has 3 rings (SSSR count). The SMILES string of the molecule is C#CC(=O)N(c1cccc(Cl)c1)C(C(=O)NCc1ccc(F)cc1)c1ccccc1. The number of terminal acetylenes is 1. The molecular weight excluding hydrogens is 403 g/mol. The molecule has 4 nitrogen and oxygen atoms in total. The van der Waals surface area contributed by atoms with Crippen LogP contribution < -0.4 is 10.2 Å². The van der Waals surface area contributed by atoms with Gasteiger partial charge in [-0.2, -0.15) is 0 Å². The Hall–Kier alpha value is -3.62. The van der Waals surface area contributed by atoms with E-state index >= 15 is 0 Å². The van der Waals surface area contributed by atoms with Gasteiger partial charge in [-0.3, -0.25) is 14.5 Å². The van der Waals surface area contributed by atoms with E-state index < -0.39 is 17.9 Å². The Morgan fingerprint density at radius 2 is 1.73 bits per heavy atom. The minimum atomic E-state index is -1.02. The monoisotopic (exact) mass is 420 g/mol. The van der Waals surface area contributed by atoms with Gasteiger partial charge in [0.1, 0.15) is 11.9 Å². The van der Waals surface area contributed by atoms with Gasteiger partial charge in [0.15, 0.2) is 0 Å². The van der Waals surface area contributed by atoms with E-state index in [0.29, 0.717) is 21.8 Å². The highest BCUT2D eigenvalue weighted by molar-refractivity contribution is 6.31. The summed E-state index contributed by atoms with van der Waals surface area (Å²) in [6.07, 6.45) is 5.40. The number of carbonyl (C=O) groups is 2. The molecular formula is C24H18ClFN2O2. The number of hydrogen-bond acceptors (Lipinski definition) is 2. The van der Waals surface area contributed by atoms with Crippen molar-refractivity contribution in [1.82, 2.24) is 5.32 Å². The number of nitrogens with one attached hydrogen (secondary N) is 1. The van der Waals surface area contributed by atoms with Crippen molar-refractivity contribution < 1.29 is 14.0 Å². The molecule has 0 aliphatic carbocycles. The van der Waals surface area contributed by atoms with Gasteiger partial charge in [-0.1, -0.05) is 60.1 Å². The van der Waals surface area contributed by atoms with Gasteiger partial charge in [-0.15, -0.1) is 6.42 Å². The van der Waals surface area contributed by atoms with Crippen molar-refractivity contribution in [2.45, 2.75) is 12.6 Å². The zero-order valence-electron chi connectivity index (χ0n) is 15.9. The third-order valence-electron chi connectivity index (χ3n) is 4.43. The van der Waals surface area contributed by atoms with Crippen LogP contribution in [0, 0.1) is 18.2 Å². The van der Waals surface area contributed by atoms with Gasteiger partial charge < -0.3 is 5.32 Å². The van der Waals surface area contributed by atoms with Crippen LogP contribution in [-0.4, -0.2) is 11.8 Å². The number of amides is 2. The number of benzene rings is 3. The first kappa shape index (κ1) is 21.1. The molecule has 2 amide bonds. The average molecular weight is 421 g/mol. The molecule has 0 aliphatic rings. The van der Waals surface area contributed by atoms with Gasteiger partial charge in [-0.25, -0.2) is 4.39 Å². The molecule has 1 atom stereocenters. The summed E-state index contributed by atoms with van der Waals surface area (Å²) in [5.74, 6) is 0.615. The summed E-state index contributed by atoms with van der Waals surface area (Å²) in [5, 5.41) is 3.21. The molecule has 0 aliphatic heterocycles. The molecule has 150 valence electrons. The van der Waals surface area contributed by atoms with Crippen molar-refractivity contribution in [1.29, 1.82) is 0 Å². The molecule has 6 heteroatoms. The van der Waals surface area contributed by atoms with Crippen molar-refractivity contribution in [3.05, 3.63) is 101 Å². The lowest BCUT2D eigenvalue weighted by Gasteiger charge is -2.30. The van der Waals surface area contributed by atoms with Gasteiger partial charge in [0.2, 0.25) is 5.91 Å². The van der Waals surface area contributed by atoms with E-state index in [0.717, 1.165) is 0 Å². The van der Waals surface area contributed by atoms with Crippen LogP contribution in [-0.2, 0) is 16.1 Å². The minimum Gasteiger partial charge on any atom is -0.350 e. The lowest BCUT2D eigenvalue weighted by Crippen LogP contribution is -2.43. The predicted octanol–water partition coefficient (Wildman–Crippen LogP) is 4.50. The first-order valence-electron chi connectivity index (χ1n) is 9.12. The Labute approximate surface area is 179 Å². The van der Waals surface area contributed by atoms with Gasteiger partial charge >= 0.3 is 5.91 Å². The number of halogens is 2. The molecule has 0 saturated carbocycles. The molecule has 1 N–H and O–H groups in total. The second-order valence-corrected chi connectivity index (χ2v) is 6.89. The average Bonchev–Trinajstić information content (AvgIpc) is 2.77. The van der Waals surface area contributed by atoms with Gasteiger partial charge in [0.25, 0.3) is 0 Å². The summed E-state index contributed by atoms with van der Waals surface area (Å²) >= 11 is 6.10. The van der Waals surface area contributed by atoms with E-state index in [-0.39, 0.29) is 12.4 Å². The van der Waals surface area contributed by atoms with Crippen LogP contribution in [0.4, 0.5) is 10.1 Å². The van der Waals surface area contributed by atoms with Crippen molar-refractivity contribution in [3.8, 4) is 12.3 Å². The Kier molecular flexibility index (Phi) is 6.84. The highest BCUT2D eigenvalue weighted by Crippen LogP contribution is 2.29. The van der Waals surface area contributed by atoms with Gasteiger partial charge in [0, 0.05) is 17.3 Å². The molecule has 3 aromatic rings. The van der Waals surface area contributed by atoms with E-state index in [9.17, 15) is 14.0 Å². The first-order valence-corrected chi connectivity index (χ1v) is 9.50. The third-order valence-corrected chi connectivity index (χ3v) is 4.67. The number of nitrogens with zero attached hydrogens (tertiary/aromatic N) is 1. The van der Waals surface area contributed by atoms with Crippen LogP contribution in [0.2, 0.25) is 5.02 Å². The second kappa shape index (κ2) is 9.73. The normalized spacial score (nSPS) is 11.2. The van der Waals surface area contributed by atoms with Crippen LogP contribution in [0.1, 0.15) is 17.2 Å². The topological polar surface area (TPSA) is 49.4 Å². The summed E-state index contributed by atoms with van der Waals surface area (Å²) in [7, 11) is 0. The first-order chi connectivity index (χ1) is 14.5. The van der Waals surface area contributed by atoms with E-state index in [2.05, 4.69) is 11.2 Å². The Bertz CT molecular complexity index is 1080. The second-order valence-electron chi connectivity index (χ2n) is 6.46. The fraction of sp³-hybridized carbons (Fsp3) is 0.0833. The fourth-order valence-electron chi connectivity index (χ4n) is 3.02. The summed E-state index contributed by atoms with van der Waals surface area (Å²) in [6, 6.07) is 20.2. The number of carbonyl (C=O) groups excluding carboxylic acids is 2. The lowest BCUT2D eigenvalue weighted by molar-refractivity contribution is -0.125. The smallest absolute Gasteiger partial charge is 0.303 e. The van der Waals surface area contributed by atoms with Crippen LogP contribution >= 0.6 is 11.6 Å². The standard InChI is InChI=1S/C24H18ClFN2O2/c1-2-22(29)28(21-10-6-9-19(25)15-21)23(18-7-4-3-5-8-18)24(30)27-16-17-11-13-20(26)14-12-17/h1,3-15,23H,16H2,(H,27,30). The summed E-state index contributed by atoms with van der Waals surface area (Å²) < 4.78 is 13.1. The maximum absolute atomic E-state index is 13.2. The van der Waals surface area contributed by atoms with Crippen LogP contribution in [0.25, 0.3) is 0 Å². The molecule has 0 bridgehead atoms. The number of anilines is 1. The van der Waals surface area contributed by atoms with Gasteiger partial charge in [-0.05, 0) is 47.4 Å². The molecule has 0 radical (unpaired) electrons. The van der Waals surface area contributed by atoms with E-state index in [1.54, 1.807) is 60.7 Å². The highest BCUT2D eigenvalue weighted by atomic mass is 35.5. The van der Waals surface area contributed by atoms with E-state index in [4.69, 9.17) is 18.0 Å². The molecule has 30 heavy (non-hydrogen) atoms. The maximum Gasteiger partial charge on any atom is 0.303 e. The Morgan fingerprint density at radius 1 is 1.03 bits per heavy atom. The molecule has 0 fully saturated rings. The van der Waals surface area contributed by atoms with E-state index in [1.807, 2.05) is 6.07 Å². The summed E-state index contributed by atoms with van der Waals surface area (Å²) in [5.41, 5.74) is 1.70. The number of hydrogen-bond donors (Lipinski definition) is 1. The predicted molar refractivity (Wildman–Crippen MR) is 115 cm³/mol. The van der Waals surface area contributed by atoms with Crippen molar-refractivity contribution in [2.75, 3.05) is 4.90 Å². The summed E-state index contributed by atoms with van der Waals surface area (Å²) in [4.78, 5) is 27.1. The van der Waals surface area contributed by atoms with E-state index in [1.165, 1.54) is 17.0 Å². The van der Waals surface area contributed by atoms with Gasteiger partial charge in [0.05, 0.1) is 0 Å². The van der Waals surface area contributed by atoms with Crippen molar-refractivity contribution >= 4 is 29.1 Å². The third kappa shape index (κ3) is 5.05. The molecule has 3 aromatic carbocycles. The fourth-order valence-corrected chi connectivity index (χ4v) is 3.20. The maximum atomic E-state index is 13.2. The van der Waals surface area contributed by atoms with Crippen LogP contribution in [0.3, 0.4) is 0 Å². The quantitative estimate of drug-likeness (QED) is 0.597. The Morgan fingerprint density at radius 3 is 2.37 bits per heavy atom. The molecule has 0 heterocycles. The Balaban J connectivity index is 1.97. The minimum absolute atomic E-state index is 0.163. The highest BCUT2D eigenvalue weighted by Gasteiger charge is 2.32. The van der Waals surface area contributed by atoms with Crippen molar-refractivity contribution in [3.63, 3.8) is 0 Å². The summed E-state index contributed by atoms with van der Waals surface area (Å²) in [6.45, 7) is 0.163. The molecule has 1 unspecified atom stereocenters. The van der Waals surface area contributed by atoms with Crippen LogP contribution in [0.15, 0.2) is 78.9 Å². The zero-order chi connectivity index (χ0) is 21.5.